The number of halogens is 3. The molecule has 0 rings (SSSR count). The predicted molar refractivity (Wildman–Crippen MR) is 86.3 cm³/mol. The molecule has 0 heterocycles. The molecule has 0 radical (unpaired) electrons. The van der Waals surface area contributed by atoms with Crippen molar-refractivity contribution in [3.05, 3.63) is 0 Å². The summed E-state index contributed by atoms with van der Waals surface area (Å²) in [5.41, 5.74) is 0. The highest BCUT2D eigenvalue weighted by atomic mass is 28.5. The summed E-state index contributed by atoms with van der Waals surface area (Å²) in [5, 5.41) is 0. The first-order chi connectivity index (χ1) is 8.83. The van der Waals surface area contributed by atoms with Crippen LogP contribution in [0.3, 0.4) is 0 Å². The van der Waals surface area contributed by atoms with Gasteiger partial charge in [0.15, 0.2) is 8.32 Å². The van der Waals surface area contributed by atoms with Crippen LogP contribution in [0.4, 0.5) is 13.2 Å². The fraction of sp³-hybridized carbons (Fsp3) is 1.00. The summed E-state index contributed by atoms with van der Waals surface area (Å²) in [4.78, 5) is 9.84. The van der Waals surface area contributed by atoms with Crippen molar-refractivity contribution in [2.75, 3.05) is 0 Å². The SMILES string of the molecule is C[Si](C)(O)O[Si](C)(C)O[Si](C)(C)O[Si](C)(C)CC(F)(F)F. The van der Waals surface area contributed by atoms with Crippen molar-refractivity contribution in [2.24, 2.45) is 0 Å². The average Bonchev–Trinajstić information content (AvgIpc) is 1.83. The topological polar surface area (TPSA) is 47.9 Å². The van der Waals surface area contributed by atoms with Crippen molar-refractivity contribution in [1.29, 1.82) is 0 Å². The van der Waals surface area contributed by atoms with Gasteiger partial charge in [-0.2, -0.15) is 13.2 Å². The third-order valence-corrected chi connectivity index (χ3v) is 15.5. The zero-order chi connectivity index (χ0) is 17.3. The van der Waals surface area contributed by atoms with E-state index in [2.05, 4.69) is 0 Å². The number of hydrogen-bond donors (Lipinski definition) is 1. The standard InChI is InChI=1S/C10H27F3O4Si4/c1-18(2,9-10(11,12)13)15-20(5,6)17-21(7,8)16-19(3,4)14/h14H,9H2,1-8H3. The van der Waals surface area contributed by atoms with Crippen LogP contribution >= 0.6 is 0 Å². The lowest BCUT2D eigenvalue weighted by Crippen LogP contribution is -2.56. The molecule has 0 atom stereocenters. The zero-order valence-electron chi connectivity index (χ0n) is 14.0. The van der Waals surface area contributed by atoms with Gasteiger partial charge in [0.2, 0.25) is 0 Å². The summed E-state index contributed by atoms with van der Waals surface area (Å²) in [6.45, 7) is 13.3. The van der Waals surface area contributed by atoms with E-state index in [1.54, 1.807) is 52.4 Å². The summed E-state index contributed by atoms with van der Waals surface area (Å²) in [6, 6.07) is -0.900. The molecule has 0 aromatic rings. The highest BCUT2D eigenvalue weighted by molar-refractivity contribution is 6.88. The van der Waals surface area contributed by atoms with Gasteiger partial charge in [0, 0.05) is 0 Å². The monoisotopic (exact) mass is 380 g/mol. The first-order valence-corrected chi connectivity index (χ1v) is 18.3. The summed E-state index contributed by atoms with van der Waals surface area (Å²) in [5.74, 6) is 0. The first kappa shape index (κ1) is 21.5. The quantitative estimate of drug-likeness (QED) is 0.681. The van der Waals surface area contributed by atoms with Gasteiger partial charge in [-0.1, -0.05) is 0 Å². The van der Waals surface area contributed by atoms with Crippen molar-refractivity contribution in [2.45, 2.75) is 64.6 Å². The maximum Gasteiger partial charge on any atom is 0.389 e. The zero-order valence-corrected chi connectivity index (χ0v) is 18.0. The van der Waals surface area contributed by atoms with E-state index in [9.17, 15) is 18.0 Å². The highest BCUT2D eigenvalue weighted by Crippen LogP contribution is 2.31. The Balaban J connectivity index is 4.83. The molecule has 0 saturated heterocycles. The van der Waals surface area contributed by atoms with Gasteiger partial charge < -0.3 is 17.1 Å². The van der Waals surface area contributed by atoms with Crippen LogP contribution in [-0.4, -0.2) is 45.0 Å². The third-order valence-electron chi connectivity index (χ3n) is 2.14. The second kappa shape index (κ2) is 6.55. The third kappa shape index (κ3) is 11.7. The molecule has 0 spiro atoms. The van der Waals surface area contributed by atoms with Gasteiger partial charge in [0.1, 0.15) is 0 Å². The van der Waals surface area contributed by atoms with Crippen LogP contribution in [0, 0.1) is 0 Å². The van der Waals surface area contributed by atoms with Crippen LogP contribution in [-0.2, 0) is 12.3 Å². The van der Waals surface area contributed by atoms with Crippen LogP contribution in [0.2, 0.25) is 58.4 Å². The molecule has 0 bridgehead atoms. The molecule has 0 amide bonds. The van der Waals surface area contributed by atoms with Crippen molar-refractivity contribution in [1.82, 2.24) is 0 Å². The van der Waals surface area contributed by atoms with Crippen molar-refractivity contribution >= 4 is 34.0 Å². The van der Waals surface area contributed by atoms with Crippen LogP contribution in [0.5, 0.6) is 0 Å². The van der Waals surface area contributed by atoms with E-state index in [1.807, 2.05) is 0 Å². The summed E-state index contributed by atoms with van der Waals surface area (Å²) in [7, 11) is -11.1. The summed E-state index contributed by atoms with van der Waals surface area (Å²) >= 11 is 0. The van der Waals surface area contributed by atoms with E-state index in [0.717, 1.165) is 0 Å². The van der Waals surface area contributed by atoms with Crippen molar-refractivity contribution in [3.8, 4) is 0 Å². The van der Waals surface area contributed by atoms with Gasteiger partial charge in [-0.25, -0.2) is 0 Å². The molecule has 21 heavy (non-hydrogen) atoms. The number of hydrogen-bond acceptors (Lipinski definition) is 4. The second-order valence-electron chi connectivity index (χ2n) is 7.10. The molecule has 0 aliphatic carbocycles. The first-order valence-electron chi connectivity index (χ1n) is 6.72. The molecule has 0 aromatic carbocycles. The Bertz CT molecular complexity index is 321. The Kier molecular flexibility index (Phi) is 6.70. The Morgan fingerprint density at radius 2 is 1.14 bits per heavy atom. The van der Waals surface area contributed by atoms with Gasteiger partial charge in [-0.15, -0.1) is 0 Å². The molecule has 4 nitrogen and oxygen atoms in total. The van der Waals surface area contributed by atoms with Gasteiger partial charge in [0.25, 0.3) is 0 Å². The lowest BCUT2D eigenvalue weighted by Gasteiger charge is -2.39. The lowest BCUT2D eigenvalue weighted by molar-refractivity contribution is -0.112. The molecular weight excluding hydrogens is 353 g/mol. The molecular formula is C10H27F3O4Si4. The minimum absolute atomic E-state index is 0.900. The highest BCUT2D eigenvalue weighted by Gasteiger charge is 2.46. The average molecular weight is 381 g/mol. The fourth-order valence-corrected chi connectivity index (χ4v) is 19.6. The van der Waals surface area contributed by atoms with Crippen LogP contribution in [0.1, 0.15) is 0 Å². The van der Waals surface area contributed by atoms with Crippen LogP contribution < -0.4 is 0 Å². The van der Waals surface area contributed by atoms with E-state index >= 15 is 0 Å². The van der Waals surface area contributed by atoms with E-state index in [-0.39, 0.29) is 0 Å². The molecule has 0 fully saturated rings. The maximum absolute atomic E-state index is 12.6. The Morgan fingerprint density at radius 3 is 1.48 bits per heavy atom. The van der Waals surface area contributed by atoms with Crippen molar-refractivity contribution < 1.29 is 30.3 Å². The molecule has 0 aliphatic rings. The number of rotatable bonds is 7. The van der Waals surface area contributed by atoms with Gasteiger partial charge >= 0.3 is 31.9 Å². The van der Waals surface area contributed by atoms with Crippen LogP contribution in [0.25, 0.3) is 0 Å². The molecule has 0 unspecified atom stereocenters. The Labute approximate surface area is 129 Å². The minimum atomic E-state index is -4.23. The Hall–Kier alpha value is 0.498. The molecule has 1 N–H and O–H groups in total. The molecule has 0 aromatic heterocycles. The van der Waals surface area contributed by atoms with Gasteiger partial charge in [0.05, 0.1) is 6.04 Å². The van der Waals surface area contributed by atoms with E-state index < -0.39 is 46.2 Å². The fourth-order valence-electron chi connectivity index (χ4n) is 2.42. The van der Waals surface area contributed by atoms with E-state index in [0.29, 0.717) is 0 Å². The molecule has 128 valence electrons. The second-order valence-corrected chi connectivity index (χ2v) is 21.9. The van der Waals surface area contributed by atoms with E-state index in [1.165, 1.54) is 0 Å². The van der Waals surface area contributed by atoms with E-state index in [4.69, 9.17) is 12.3 Å². The van der Waals surface area contributed by atoms with Gasteiger partial charge in [-0.05, 0) is 52.4 Å². The minimum Gasteiger partial charge on any atom is -0.436 e. The smallest absolute Gasteiger partial charge is 0.389 e. The molecule has 0 aliphatic heterocycles. The normalized spacial score (nSPS) is 15.4. The predicted octanol–water partition coefficient (Wildman–Crippen LogP) is 3.90. The van der Waals surface area contributed by atoms with Crippen LogP contribution in [0.15, 0.2) is 0 Å². The Morgan fingerprint density at radius 1 is 0.762 bits per heavy atom. The maximum atomic E-state index is 12.6. The van der Waals surface area contributed by atoms with Crippen molar-refractivity contribution in [3.63, 3.8) is 0 Å². The number of alkyl halides is 3. The largest absolute Gasteiger partial charge is 0.436 e. The molecule has 11 heteroatoms. The summed E-state index contributed by atoms with van der Waals surface area (Å²) < 4.78 is 55.1. The molecule has 0 saturated carbocycles. The summed E-state index contributed by atoms with van der Waals surface area (Å²) in [6.07, 6.45) is -4.23. The van der Waals surface area contributed by atoms with Gasteiger partial charge in [-0.3, -0.25) is 0 Å². The lowest BCUT2D eigenvalue weighted by atomic mass is 10.8.